The zero-order chi connectivity index (χ0) is 20.7. The SMILES string of the molecule is CCCCCCCCCCCC(CCCCCC)c1ccccc1S(=O)(=O)[O-].[Na+]. The summed E-state index contributed by atoms with van der Waals surface area (Å²) < 4.78 is 35.1. The van der Waals surface area contributed by atoms with Gasteiger partial charge in [0.2, 0.25) is 0 Å². The molecule has 0 aliphatic rings. The van der Waals surface area contributed by atoms with Crippen LogP contribution in [0.2, 0.25) is 0 Å². The minimum absolute atomic E-state index is 0. The molecule has 0 saturated heterocycles. The van der Waals surface area contributed by atoms with Crippen molar-refractivity contribution < 1.29 is 42.5 Å². The van der Waals surface area contributed by atoms with Crippen LogP contribution < -0.4 is 29.6 Å². The molecule has 0 saturated carbocycles. The van der Waals surface area contributed by atoms with E-state index in [1.54, 1.807) is 6.07 Å². The van der Waals surface area contributed by atoms with Gasteiger partial charge in [0.25, 0.3) is 0 Å². The molecule has 162 valence electrons. The molecule has 0 N–H and O–H groups in total. The molecular weight excluding hydrogens is 391 g/mol. The normalized spacial score (nSPS) is 12.5. The molecule has 0 amide bonds. The minimum Gasteiger partial charge on any atom is -0.744 e. The van der Waals surface area contributed by atoms with Gasteiger partial charge in [-0.15, -0.1) is 0 Å². The number of unbranched alkanes of at least 4 members (excludes halogenated alkanes) is 11. The fourth-order valence-electron chi connectivity index (χ4n) is 4.02. The molecule has 0 aromatic heterocycles. The standard InChI is InChI=1S/C24H42O3S.Na/c1-3-5-7-9-10-11-12-13-15-19-22(18-14-8-6-4-2)23-20-16-17-21-24(23)28(25,26)27;/h16-17,20-22H,3-15,18-19H2,1-2H3,(H,25,26,27);/q;+1/p-1. The summed E-state index contributed by atoms with van der Waals surface area (Å²) in [6.07, 6.45) is 18.2. The molecule has 0 aliphatic carbocycles. The summed E-state index contributed by atoms with van der Waals surface area (Å²) >= 11 is 0. The molecule has 1 atom stereocenters. The van der Waals surface area contributed by atoms with Crippen LogP contribution in [0, 0.1) is 0 Å². The van der Waals surface area contributed by atoms with Gasteiger partial charge in [0.15, 0.2) is 0 Å². The van der Waals surface area contributed by atoms with E-state index in [1.165, 1.54) is 76.7 Å². The Hall–Kier alpha value is 0.130. The van der Waals surface area contributed by atoms with E-state index in [0.717, 1.165) is 31.2 Å². The van der Waals surface area contributed by atoms with E-state index in [1.807, 2.05) is 12.1 Å². The first-order chi connectivity index (χ1) is 13.5. The Morgan fingerprint density at radius 3 is 1.62 bits per heavy atom. The van der Waals surface area contributed by atoms with Crippen LogP contribution in [-0.4, -0.2) is 13.0 Å². The zero-order valence-electron chi connectivity index (χ0n) is 19.1. The third kappa shape index (κ3) is 13.2. The summed E-state index contributed by atoms with van der Waals surface area (Å²) in [6.45, 7) is 4.44. The van der Waals surface area contributed by atoms with Crippen molar-refractivity contribution in [2.45, 2.75) is 121 Å². The van der Waals surface area contributed by atoms with E-state index in [9.17, 15) is 13.0 Å². The number of hydrogen-bond acceptors (Lipinski definition) is 3. The Morgan fingerprint density at radius 1 is 0.724 bits per heavy atom. The Labute approximate surface area is 202 Å². The van der Waals surface area contributed by atoms with Crippen LogP contribution in [-0.2, 0) is 10.1 Å². The quantitative estimate of drug-likeness (QED) is 0.206. The fourth-order valence-corrected chi connectivity index (χ4v) is 4.79. The molecule has 1 aromatic carbocycles. The molecule has 0 spiro atoms. The summed E-state index contributed by atoms with van der Waals surface area (Å²) in [4.78, 5) is -0.00795. The van der Waals surface area contributed by atoms with Crippen molar-refractivity contribution in [1.29, 1.82) is 0 Å². The smallest absolute Gasteiger partial charge is 0.744 e. The van der Waals surface area contributed by atoms with Gasteiger partial charge in [0.1, 0.15) is 10.1 Å². The minimum atomic E-state index is -4.41. The summed E-state index contributed by atoms with van der Waals surface area (Å²) in [5.74, 6) is 0.182. The van der Waals surface area contributed by atoms with E-state index >= 15 is 0 Å². The zero-order valence-corrected chi connectivity index (χ0v) is 21.9. The second-order valence-corrected chi connectivity index (χ2v) is 9.50. The molecule has 3 nitrogen and oxygen atoms in total. The van der Waals surface area contributed by atoms with Gasteiger partial charge in [-0.05, 0) is 30.4 Å². The van der Waals surface area contributed by atoms with Gasteiger partial charge in [0, 0.05) is 0 Å². The van der Waals surface area contributed by atoms with Crippen LogP contribution in [0.15, 0.2) is 29.2 Å². The van der Waals surface area contributed by atoms with E-state index < -0.39 is 10.1 Å². The van der Waals surface area contributed by atoms with Crippen LogP contribution in [0.3, 0.4) is 0 Å². The maximum absolute atomic E-state index is 11.7. The first-order valence-corrected chi connectivity index (χ1v) is 13.0. The van der Waals surface area contributed by atoms with Crippen LogP contribution in [0.25, 0.3) is 0 Å². The van der Waals surface area contributed by atoms with E-state index in [-0.39, 0.29) is 40.4 Å². The maximum Gasteiger partial charge on any atom is 1.00 e. The number of benzene rings is 1. The summed E-state index contributed by atoms with van der Waals surface area (Å²) in [7, 11) is -4.41. The first kappa shape index (κ1) is 29.1. The average Bonchev–Trinajstić information content (AvgIpc) is 2.67. The van der Waals surface area contributed by atoms with Gasteiger partial charge in [-0.3, -0.25) is 0 Å². The van der Waals surface area contributed by atoms with Crippen molar-refractivity contribution >= 4 is 10.1 Å². The van der Waals surface area contributed by atoms with Gasteiger partial charge in [-0.25, -0.2) is 8.42 Å². The summed E-state index contributed by atoms with van der Waals surface area (Å²) in [6, 6.07) is 6.84. The average molecular weight is 433 g/mol. The Morgan fingerprint density at radius 2 is 1.14 bits per heavy atom. The summed E-state index contributed by atoms with van der Waals surface area (Å²) in [5, 5.41) is 0. The van der Waals surface area contributed by atoms with Crippen LogP contribution in [0.5, 0.6) is 0 Å². The van der Waals surface area contributed by atoms with Crippen LogP contribution in [0.4, 0.5) is 0 Å². The molecule has 5 heteroatoms. The number of hydrogen-bond donors (Lipinski definition) is 0. The second kappa shape index (κ2) is 17.8. The van der Waals surface area contributed by atoms with E-state index in [0.29, 0.717) is 0 Å². The molecule has 0 radical (unpaired) electrons. The van der Waals surface area contributed by atoms with Crippen molar-refractivity contribution in [3.63, 3.8) is 0 Å². The second-order valence-electron chi connectivity index (χ2n) is 8.16. The van der Waals surface area contributed by atoms with Gasteiger partial charge in [-0.1, -0.05) is 116 Å². The monoisotopic (exact) mass is 432 g/mol. The van der Waals surface area contributed by atoms with Gasteiger partial charge >= 0.3 is 29.6 Å². The van der Waals surface area contributed by atoms with Crippen molar-refractivity contribution in [3.8, 4) is 0 Å². The van der Waals surface area contributed by atoms with Crippen molar-refractivity contribution in [1.82, 2.24) is 0 Å². The largest absolute Gasteiger partial charge is 1.00 e. The predicted octanol–water partition coefficient (Wildman–Crippen LogP) is 4.57. The third-order valence-electron chi connectivity index (χ3n) is 5.69. The maximum atomic E-state index is 11.7. The first-order valence-electron chi connectivity index (χ1n) is 11.6. The number of rotatable bonds is 17. The summed E-state index contributed by atoms with van der Waals surface area (Å²) in [5.41, 5.74) is 0.744. The Kier molecular flexibility index (Phi) is 17.9. The molecule has 1 aromatic rings. The molecular formula is C24H41NaO3S. The van der Waals surface area contributed by atoms with Crippen molar-refractivity contribution in [3.05, 3.63) is 29.8 Å². The van der Waals surface area contributed by atoms with E-state index in [4.69, 9.17) is 0 Å². The topological polar surface area (TPSA) is 57.2 Å². The molecule has 1 rings (SSSR count). The molecule has 29 heavy (non-hydrogen) atoms. The van der Waals surface area contributed by atoms with Gasteiger partial charge in [0.05, 0.1) is 4.90 Å². The third-order valence-corrected chi connectivity index (χ3v) is 6.60. The molecule has 1 unspecified atom stereocenters. The predicted molar refractivity (Wildman–Crippen MR) is 118 cm³/mol. The molecule has 0 aliphatic heterocycles. The van der Waals surface area contributed by atoms with Gasteiger partial charge in [-0.2, -0.15) is 0 Å². The van der Waals surface area contributed by atoms with Crippen molar-refractivity contribution in [2.24, 2.45) is 0 Å². The van der Waals surface area contributed by atoms with Crippen LogP contribution >= 0.6 is 0 Å². The van der Waals surface area contributed by atoms with Crippen LogP contribution in [0.1, 0.15) is 122 Å². The van der Waals surface area contributed by atoms with Crippen molar-refractivity contribution in [2.75, 3.05) is 0 Å². The molecule has 0 heterocycles. The van der Waals surface area contributed by atoms with E-state index in [2.05, 4.69) is 13.8 Å². The Balaban J connectivity index is 0.00000784. The Bertz CT molecular complexity index is 616. The van der Waals surface area contributed by atoms with Gasteiger partial charge < -0.3 is 4.55 Å². The fraction of sp³-hybridized carbons (Fsp3) is 0.750. The molecule has 0 bridgehead atoms. The molecule has 0 fully saturated rings.